The Labute approximate surface area is 165 Å². The van der Waals surface area contributed by atoms with Crippen molar-refractivity contribution in [3.63, 3.8) is 0 Å². The number of nitrogens with zero attached hydrogens (tertiary/aromatic N) is 1. The summed E-state index contributed by atoms with van der Waals surface area (Å²) in [7, 11) is 0. The lowest BCUT2D eigenvalue weighted by molar-refractivity contribution is 0.0517. The molecule has 0 N–H and O–H groups in total. The Hall–Kier alpha value is -2.33. The van der Waals surface area contributed by atoms with Gasteiger partial charge in [0.2, 0.25) is 0 Å². The highest BCUT2D eigenvalue weighted by atomic mass is 35.5. The molecule has 130 valence electrons. The van der Waals surface area contributed by atoms with Gasteiger partial charge in [0.25, 0.3) is 0 Å². The molecule has 0 unspecified atom stereocenters. The quantitative estimate of drug-likeness (QED) is 0.292. The molecule has 3 nitrogen and oxygen atoms in total. The largest absolute Gasteiger partial charge is 0.365 e. The number of oxime groups is 1. The second kappa shape index (κ2) is 8.37. The third kappa shape index (κ3) is 4.64. The maximum atomic E-state index is 12.2. The lowest BCUT2D eigenvalue weighted by Crippen LogP contribution is -2.08. The summed E-state index contributed by atoms with van der Waals surface area (Å²) in [6.07, 6.45) is 0. The van der Waals surface area contributed by atoms with Crippen molar-refractivity contribution in [1.82, 2.24) is 0 Å². The number of carbonyl (C=O) groups is 1. The Bertz CT molecular complexity index is 887. The molecule has 6 heteroatoms. The van der Waals surface area contributed by atoms with Crippen LogP contribution in [0.3, 0.4) is 0 Å². The fourth-order valence-corrected chi connectivity index (χ4v) is 2.59. The average molecular weight is 405 g/mol. The maximum Gasteiger partial charge on any atom is 0.365 e. The number of benzene rings is 3. The Kier molecular flexibility index (Phi) is 5.94. The third-order valence-electron chi connectivity index (χ3n) is 3.54. The molecule has 0 aliphatic carbocycles. The Morgan fingerprint density at radius 2 is 0.962 bits per heavy atom. The van der Waals surface area contributed by atoms with E-state index in [0.29, 0.717) is 26.3 Å². The molecular formula is C20H12Cl3NO2. The molecule has 0 atom stereocenters. The van der Waals surface area contributed by atoms with Crippen molar-refractivity contribution in [3.8, 4) is 0 Å². The molecule has 3 rings (SSSR count). The summed E-state index contributed by atoms with van der Waals surface area (Å²) in [5.74, 6) is -0.581. The van der Waals surface area contributed by atoms with Gasteiger partial charge in [-0.2, -0.15) is 0 Å². The van der Waals surface area contributed by atoms with Gasteiger partial charge in [-0.05, 0) is 48.5 Å². The van der Waals surface area contributed by atoms with Gasteiger partial charge in [0.15, 0.2) is 0 Å². The fourth-order valence-electron chi connectivity index (χ4n) is 2.21. The highest BCUT2D eigenvalue weighted by molar-refractivity contribution is 6.31. The zero-order valence-electron chi connectivity index (χ0n) is 13.3. The third-order valence-corrected chi connectivity index (χ3v) is 4.29. The predicted molar refractivity (Wildman–Crippen MR) is 105 cm³/mol. The molecule has 0 aromatic heterocycles. The topological polar surface area (TPSA) is 38.7 Å². The number of hydrogen-bond acceptors (Lipinski definition) is 3. The minimum Gasteiger partial charge on any atom is -0.312 e. The van der Waals surface area contributed by atoms with Crippen LogP contribution in [0.25, 0.3) is 0 Å². The molecule has 0 aliphatic rings. The Morgan fingerprint density at radius 3 is 1.35 bits per heavy atom. The number of hydrogen-bond donors (Lipinski definition) is 0. The van der Waals surface area contributed by atoms with Gasteiger partial charge < -0.3 is 4.84 Å². The summed E-state index contributed by atoms with van der Waals surface area (Å²) >= 11 is 17.7. The standard InChI is InChI=1S/C20H12Cl3NO2/c21-16-7-1-13(2-8-16)19(14-3-9-17(22)10-4-14)24-26-20(25)15-5-11-18(23)12-6-15/h1-12H. The molecule has 0 bridgehead atoms. The van der Waals surface area contributed by atoms with Gasteiger partial charge >= 0.3 is 5.97 Å². The molecule has 3 aromatic rings. The van der Waals surface area contributed by atoms with E-state index in [9.17, 15) is 4.79 Å². The van der Waals surface area contributed by atoms with Crippen molar-refractivity contribution in [2.24, 2.45) is 5.16 Å². The molecule has 0 amide bonds. The maximum absolute atomic E-state index is 12.2. The van der Waals surface area contributed by atoms with Crippen LogP contribution in [0, 0.1) is 0 Å². The van der Waals surface area contributed by atoms with E-state index in [2.05, 4.69) is 5.16 Å². The van der Waals surface area contributed by atoms with Crippen molar-refractivity contribution < 1.29 is 9.63 Å². The van der Waals surface area contributed by atoms with Gasteiger partial charge in [-0.25, -0.2) is 4.79 Å². The summed E-state index contributed by atoms with van der Waals surface area (Å²) in [5.41, 5.74) is 2.34. The van der Waals surface area contributed by atoms with E-state index >= 15 is 0 Å². The van der Waals surface area contributed by atoms with Crippen LogP contribution in [0.5, 0.6) is 0 Å². The molecule has 0 radical (unpaired) electrons. The van der Waals surface area contributed by atoms with Gasteiger partial charge in [0.1, 0.15) is 5.71 Å². The lowest BCUT2D eigenvalue weighted by atomic mass is 10.0. The number of rotatable bonds is 4. The molecule has 0 saturated heterocycles. The molecule has 0 aliphatic heterocycles. The SMILES string of the molecule is O=C(ON=C(c1ccc(Cl)cc1)c1ccc(Cl)cc1)c1ccc(Cl)cc1. The highest BCUT2D eigenvalue weighted by Crippen LogP contribution is 2.18. The smallest absolute Gasteiger partial charge is 0.312 e. The van der Waals surface area contributed by atoms with E-state index < -0.39 is 5.97 Å². The minimum atomic E-state index is -0.581. The van der Waals surface area contributed by atoms with Gasteiger partial charge in [0.05, 0.1) is 5.56 Å². The highest BCUT2D eigenvalue weighted by Gasteiger charge is 2.12. The van der Waals surface area contributed by atoms with E-state index in [0.717, 1.165) is 11.1 Å². The zero-order chi connectivity index (χ0) is 18.5. The van der Waals surface area contributed by atoms with E-state index in [1.54, 1.807) is 72.8 Å². The molecule has 0 fully saturated rings. The van der Waals surface area contributed by atoms with Gasteiger partial charge in [-0.15, -0.1) is 0 Å². The van der Waals surface area contributed by atoms with Crippen molar-refractivity contribution in [1.29, 1.82) is 0 Å². The van der Waals surface area contributed by atoms with Gasteiger partial charge in [-0.3, -0.25) is 0 Å². The summed E-state index contributed by atoms with van der Waals surface area (Å²) < 4.78 is 0. The summed E-state index contributed by atoms with van der Waals surface area (Å²) in [6, 6.07) is 20.5. The first-order valence-corrected chi connectivity index (χ1v) is 8.73. The van der Waals surface area contributed by atoms with Gasteiger partial charge in [0, 0.05) is 26.2 Å². The average Bonchev–Trinajstić information content (AvgIpc) is 2.65. The lowest BCUT2D eigenvalue weighted by Gasteiger charge is -2.07. The molecule has 3 aromatic carbocycles. The van der Waals surface area contributed by atoms with Gasteiger partial charge in [-0.1, -0.05) is 64.2 Å². The first-order chi connectivity index (χ1) is 12.5. The van der Waals surface area contributed by atoms with E-state index in [4.69, 9.17) is 39.6 Å². The second-order valence-corrected chi connectivity index (χ2v) is 6.65. The van der Waals surface area contributed by atoms with Crippen LogP contribution in [0.15, 0.2) is 78.0 Å². The number of carbonyl (C=O) groups excluding carboxylic acids is 1. The number of halogens is 3. The first-order valence-electron chi connectivity index (χ1n) is 7.60. The molecule has 26 heavy (non-hydrogen) atoms. The second-order valence-electron chi connectivity index (χ2n) is 5.34. The molecular weight excluding hydrogens is 393 g/mol. The minimum absolute atomic E-state index is 0.352. The summed E-state index contributed by atoms with van der Waals surface area (Å²) in [6.45, 7) is 0. The Morgan fingerprint density at radius 1 is 0.615 bits per heavy atom. The van der Waals surface area contributed by atoms with E-state index in [1.807, 2.05) is 0 Å². The molecule has 0 heterocycles. The Balaban J connectivity index is 1.93. The van der Waals surface area contributed by atoms with Crippen molar-refractivity contribution in [2.45, 2.75) is 0 Å². The van der Waals surface area contributed by atoms with Crippen LogP contribution in [0.4, 0.5) is 0 Å². The van der Waals surface area contributed by atoms with Crippen molar-refractivity contribution in [2.75, 3.05) is 0 Å². The van der Waals surface area contributed by atoms with Crippen molar-refractivity contribution in [3.05, 3.63) is 105 Å². The van der Waals surface area contributed by atoms with Crippen LogP contribution in [-0.4, -0.2) is 11.7 Å². The normalized spacial score (nSPS) is 10.3. The predicted octanol–water partition coefficient (Wildman–Crippen LogP) is 6.26. The van der Waals surface area contributed by atoms with Crippen LogP contribution < -0.4 is 0 Å². The van der Waals surface area contributed by atoms with E-state index in [1.165, 1.54) is 0 Å². The molecule has 0 saturated carbocycles. The summed E-state index contributed by atoms with van der Waals surface area (Å²) in [5, 5.41) is 5.80. The monoisotopic (exact) mass is 403 g/mol. The van der Waals surface area contributed by atoms with Crippen LogP contribution in [0.2, 0.25) is 15.1 Å². The van der Waals surface area contributed by atoms with Crippen LogP contribution in [0.1, 0.15) is 21.5 Å². The van der Waals surface area contributed by atoms with Crippen molar-refractivity contribution >= 4 is 46.5 Å². The zero-order valence-corrected chi connectivity index (χ0v) is 15.6. The first kappa shape index (κ1) is 18.5. The fraction of sp³-hybridized carbons (Fsp3) is 0. The summed E-state index contributed by atoms with van der Waals surface area (Å²) in [4.78, 5) is 17.4. The molecule has 0 spiro atoms. The van der Waals surface area contributed by atoms with Crippen LogP contribution in [-0.2, 0) is 4.84 Å². The van der Waals surface area contributed by atoms with Crippen LogP contribution >= 0.6 is 34.8 Å². The van der Waals surface area contributed by atoms with E-state index in [-0.39, 0.29) is 0 Å².